The number of hydrogen-bond donors (Lipinski definition) is 0. The SMILES string of the molecule is CC1Cc2cc(C=C3SC(=S)N(CC4CCCO4)C3=O)ccc2O1. The topological polar surface area (TPSA) is 38.8 Å². The van der Waals surface area contributed by atoms with Gasteiger partial charge in [-0.1, -0.05) is 30.0 Å². The van der Waals surface area contributed by atoms with E-state index in [2.05, 4.69) is 13.0 Å². The average molecular weight is 361 g/mol. The molecule has 2 fully saturated rings. The number of carbonyl (C=O) groups excluding carboxylic acids is 1. The van der Waals surface area contributed by atoms with Gasteiger partial charge in [0.05, 0.1) is 17.6 Å². The summed E-state index contributed by atoms with van der Waals surface area (Å²) in [4.78, 5) is 15.0. The lowest BCUT2D eigenvalue weighted by atomic mass is 10.1. The first-order chi connectivity index (χ1) is 11.6. The Labute approximate surface area is 151 Å². The van der Waals surface area contributed by atoms with E-state index >= 15 is 0 Å². The number of thiocarbonyl (C=S) groups is 1. The molecule has 0 saturated carbocycles. The minimum Gasteiger partial charge on any atom is -0.490 e. The minimum absolute atomic E-state index is 0.00869. The molecule has 24 heavy (non-hydrogen) atoms. The zero-order chi connectivity index (χ0) is 16.7. The van der Waals surface area contributed by atoms with E-state index in [0.29, 0.717) is 15.8 Å². The number of rotatable bonds is 3. The highest BCUT2D eigenvalue weighted by atomic mass is 32.2. The standard InChI is InChI=1S/C18H19NO3S2/c1-11-7-13-8-12(4-5-15(13)22-11)9-16-17(20)19(18(23)24-16)10-14-3-2-6-21-14/h4-5,8-9,11,14H,2-3,6-7,10H2,1H3. The Bertz CT molecular complexity index is 725. The number of amides is 1. The highest BCUT2D eigenvalue weighted by Crippen LogP contribution is 2.35. The van der Waals surface area contributed by atoms with Crippen LogP contribution < -0.4 is 4.74 Å². The first kappa shape index (κ1) is 16.1. The Morgan fingerprint density at radius 2 is 2.33 bits per heavy atom. The quantitative estimate of drug-likeness (QED) is 0.609. The summed E-state index contributed by atoms with van der Waals surface area (Å²) in [5, 5.41) is 0. The molecule has 0 aliphatic carbocycles. The third kappa shape index (κ3) is 3.10. The highest BCUT2D eigenvalue weighted by molar-refractivity contribution is 8.26. The van der Waals surface area contributed by atoms with E-state index in [0.717, 1.165) is 37.2 Å². The molecule has 2 atom stereocenters. The Hall–Kier alpha value is -1.37. The molecule has 1 aromatic carbocycles. The van der Waals surface area contributed by atoms with Crippen LogP contribution in [0, 0.1) is 0 Å². The summed E-state index contributed by atoms with van der Waals surface area (Å²) in [6, 6.07) is 6.08. The fraction of sp³-hybridized carbons (Fsp3) is 0.444. The van der Waals surface area contributed by atoms with Crippen molar-refractivity contribution in [3.63, 3.8) is 0 Å². The second-order valence-corrected chi connectivity index (χ2v) is 8.10. The summed E-state index contributed by atoms with van der Waals surface area (Å²) in [5.74, 6) is 0.941. The first-order valence-corrected chi connectivity index (χ1v) is 9.49. The van der Waals surface area contributed by atoms with Gasteiger partial charge in [-0.3, -0.25) is 9.69 Å². The van der Waals surface area contributed by atoms with Crippen molar-refractivity contribution < 1.29 is 14.3 Å². The highest BCUT2D eigenvalue weighted by Gasteiger charge is 2.34. The van der Waals surface area contributed by atoms with Crippen molar-refractivity contribution in [2.75, 3.05) is 13.2 Å². The molecule has 2 unspecified atom stereocenters. The number of fused-ring (bicyclic) bond motifs is 1. The van der Waals surface area contributed by atoms with Crippen molar-refractivity contribution in [3.8, 4) is 5.75 Å². The van der Waals surface area contributed by atoms with Crippen LogP contribution in [0.15, 0.2) is 23.1 Å². The molecule has 4 nitrogen and oxygen atoms in total. The van der Waals surface area contributed by atoms with Crippen LogP contribution in [-0.2, 0) is 16.0 Å². The van der Waals surface area contributed by atoms with Gasteiger partial charge in [-0.2, -0.15) is 0 Å². The van der Waals surface area contributed by atoms with Crippen LogP contribution in [0.4, 0.5) is 0 Å². The first-order valence-electron chi connectivity index (χ1n) is 8.27. The van der Waals surface area contributed by atoms with Crippen LogP contribution in [0.25, 0.3) is 6.08 Å². The average Bonchev–Trinajstić information content (AvgIpc) is 3.23. The second-order valence-electron chi connectivity index (χ2n) is 6.43. The van der Waals surface area contributed by atoms with Gasteiger partial charge in [-0.05, 0) is 49.1 Å². The number of thioether (sulfide) groups is 1. The molecular weight excluding hydrogens is 342 g/mol. The summed E-state index contributed by atoms with van der Waals surface area (Å²) in [6.45, 7) is 3.42. The molecule has 6 heteroatoms. The van der Waals surface area contributed by atoms with E-state index in [4.69, 9.17) is 21.7 Å². The summed E-state index contributed by atoms with van der Waals surface area (Å²) in [5.41, 5.74) is 2.22. The van der Waals surface area contributed by atoms with Crippen molar-refractivity contribution in [1.82, 2.24) is 4.90 Å². The smallest absolute Gasteiger partial charge is 0.266 e. The van der Waals surface area contributed by atoms with Gasteiger partial charge in [-0.25, -0.2) is 0 Å². The third-order valence-corrected chi connectivity index (χ3v) is 5.88. The van der Waals surface area contributed by atoms with Crippen LogP contribution in [0.5, 0.6) is 5.75 Å². The molecule has 0 aromatic heterocycles. The zero-order valence-corrected chi connectivity index (χ0v) is 15.1. The molecule has 3 aliphatic rings. The maximum absolute atomic E-state index is 12.7. The number of hydrogen-bond acceptors (Lipinski definition) is 5. The number of carbonyl (C=O) groups is 1. The van der Waals surface area contributed by atoms with E-state index in [1.807, 2.05) is 18.2 Å². The summed E-state index contributed by atoms with van der Waals surface area (Å²) in [7, 11) is 0. The maximum Gasteiger partial charge on any atom is 0.266 e. The minimum atomic E-state index is -0.00869. The van der Waals surface area contributed by atoms with Gasteiger partial charge in [0.2, 0.25) is 0 Å². The molecule has 0 spiro atoms. The predicted molar refractivity (Wildman–Crippen MR) is 99.1 cm³/mol. The van der Waals surface area contributed by atoms with Gasteiger partial charge in [0.1, 0.15) is 16.2 Å². The van der Waals surface area contributed by atoms with Crippen LogP contribution in [0.1, 0.15) is 30.9 Å². The van der Waals surface area contributed by atoms with E-state index < -0.39 is 0 Å². The van der Waals surface area contributed by atoms with Crippen molar-refractivity contribution in [1.29, 1.82) is 0 Å². The number of benzene rings is 1. The molecule has 3 heterocycles. The monoisotopic (exact) mass is 361 g/mol. The summed E-state index contributed by atoms with van der Waals surface area (Å²) >= 11 is 6.77. The third-order valence-electron chi connectivity index (χ3n) is 4.50. The predicted octanol–water partition coefficient (Wildman–Crippen LogP) is 3.39. The Morgan fingerprint density at radius 1 is 1.46 bits per heavy atom. The van der Waals surface area contributed by atoms with Crippen molar-refractivity contribution in [2.24, 2.45) is 0 Å². The Morgan fingerprint density at radius 3 is 3.12 bits per heavy atom. The molecule has 0 bridgehead atoms. The molecule has 1 amide bonds. The second kappa shape index (κ2) is 6.50. The normalized spacial score (nSPS) is 27.9. The van der Waals surface area contributed by atoms with Gasteiger partial charge in [0.15, 0.2) is 0 Å². The van der Waals surface area contributed by atoms with E-state index in [1.54, 1.807) is 4.90 Å². The molecule has 126 valence electrons. The Kier molecular flexibility index (Phi) is 4.37. The summed E-state index contributed by atoms with van der Waals surface area (Å²) in [6.07, 6.45) is 5.24. The van der Waals surface area contributed by atoms with Crippen molar-refractivity contribution in [2.45, 2.75) is 38.4 Å². The fourth-order valence-corrected chi connectivity index (χ4v) is 4.61. The van der Waals surface area contributed by atoms with Gasteiger partial charge >= 0.3 is 0 Å². The molecular formula is C18H19NO3S2. The van der Waals surface area contributed by atoms with E-state index in [1.165, 1.54) is 17.3 Å². The fourth-order valence-electron chi connectivity index (χ4n) is 3.33. The Balaban J connectivity index is 1.52. The van der Waals surface area contributed by atoms with Crippen molar-refractivity contribution >= 4 is 40.3 Å². The zero-order valence-electron chi connectivity index (χ0n) is 13.5. The lowest BCUT2D eigenvalue weighted by Gasteiger charge is -2.18. The van der Waals surface area contributed by atoms with Crippen molar-refractivity contribution in [3.05, 3.63) is 34.2 Å². The van der Waals surface area contributed by atoms with Gasteiger partial charge in [0, 0.05) is 13.0 Å². The van der Waals surface area contributed by atoms with Crippen LogP contribution in [0.2, 0.25) is 0 Å². The van der Waals surface area contributed by atoms with E-state index in [9.17, 15) is 4.79 Å². The van der Waals surface area contributed by atoms with Crippen LogP contribution >= 0.6 is 24.0 Å². The molecule has 0 N–H and O–H groups in total. The summed E-state index contributed by atoms with van der Waals surface area (Å²) < 4.78 is 12.0. The molecule has 3 aliphatic heterocycles. The molecule has 0 radical (unpaired) electrons. The van der Waals surface area contributed by atoms with Gasteiger partial charge in [0.25, 0.3) is 5.91 Å². The largest absolute Gasteiger partial charge is 0.490 e. The molecule has 1 aromatic rings. The lowest BCUT2D eigenvalue weighted by molar-refractivity contribution is -0.123. The van der Waals surface area contributed by atoms with E-state index in [-0.39, 0.29) is 18.1 Å². The number of ether oxygens (including phenoxy) is 2. The van der Waals surface area contributed by atoms with Crippen LogP contribution in [-0.4, -0.2) is 40.5 Å². The maximum atomic E-state index is 12.7. The lowest BCUT2D eigenvalue weighted by Crippen LogP contribution is -2.35. The van der Waals surface area contributed by atoms with Crippen LogP contribution in [0.3, 0.4) is 0 Å². The number of nitrogens with zero attached hydrogens (tertiary/aromatic N) is 1. The molecule has 4 rings (SSSR count). The van der Waals surface area contributed by atoms with Gasteiger partial charge in [-0.15, -0.1) is 0 Å². The van der Waals surface area contributed by atoms with Gasteiger partial charge < -0.3 is 9.47 Å². The molecule has 2 saturated heterocycles.